The highest BCUT2D eigenvalue weighted by atomic mass is 19.1. The highest BCUT2D eigenvalue weighted by molar-refractivity contribution is 5.80. The van der Waals surface area contributed by atoms with Gasteiger partial charge in [0.05, 0.1) is 19.4 Å². The van der Waals surface area contributed by atoms with Crippen molar-refractivity contribution in [3.63, 3.8) is 0 Å². The second-order valence-corrected chi connectivity index (χ2v) is 5.50. The van der Waals surface area contributed by atoms with Gasteiger partial charge in [0, 0.05) is 12.6 Å². The normalized spacial score (nSPS) is 15.4. The molecule has 1 aliphatic rings. The van der Waals surface area contributed by atoms with Crippen LogP contribution in [0, 0.1) is 11.7 Å². The summed E-state index contributed by atoms with van der Waals surface area (Å²) in [5.41, 5.74) is 0.776. The van der Waals surface area contributed by atoms with Crippen molar-refractivity contribution in [2.75, 3.05) is 13.7 Å². The third-order valence-corrected chi connectivity index (χ3v) is 3.65. The summed E-state index contributed by atoms with van der Waals surface area (Å²) in [6.45, 7) is 2.13. The van der Waals surface area contributed by atoms with E-state index in [0.717, 1.165) is 18.4 Å². The Labute approximate surface area is 123 Å². The average Bonchev–Trinajstić information content (AvgIpc) is 3.30. The molecule has 0 heterocycles. The number of halogens is 1. The predicted molar refractivity (Wildman–Crippen MR) is 76.0 cm³/mol. The zero-order chi connectivity index (χ0) is 15.4. The van der Waals surface area contributed by atoms with Gasteiger partial charge in [-0.2, -0.15) is 0 Å². The number of amides is 1. The van der Waals surface area contributed by atoms with E-state index >= 15 is 0 Å². The summed E-state index contributed by atoms with van der Waals surface area (Å²) >= 11 is 0. The van der Waals surface area contributed by atoms with Crippen LogP contribution in [0.1, 0.15) is 25.3 Å². The Morgan fingerprint density at radius 1 is 1.33 bits per heavy atom. The minimum Gasteiger partial charge on any atom is -0.469 e. The van der Waals surface area contributed by atoms with Crippen LogP contribution in [0.5, 0.6) is 0 Å². The Morgan fingerprint density at radius 3 is 2.48 bits per heavy atom. The van der Waals surface area contributed by atoms with E-state index in [1.165, 1.54) is 19.2 Å². The largest absolute Gasteiger partial charge is 0.469 e. The number of carbonyl (C=O) groups is 2. The molecule has 0 aromatic heterocycles. The van der Waals surface area contributed by atoms with Gasteiger partial charge in [-0.3, -0.25) is 9.59 Å². The lowest BCUT2D eigenvalue weighted by molar-refractivity contribution is -0.146. The number of nitrogens with zero attached hydrogens (tertiary/aromatic N) is 1. The fourth-order valence-corrected chi connectivity index (χ4v) is 2.29. The molecule has 1 fully saturated rings. The molecule has 2 rings (SSSR count). The van der Waals surface area contributed by atoms with Gasteiger partial charge in [-0.15, -0.1) is 0 Å². The molecular formula is C16H20FNO3. The molecule has 1 saturated carbocycles. The van der Waals surface area contributed by atoms with Crippen LogP contribution in [0.2, 0.25) is 0 Å². The molecule has 1 aliphatic carbocycles. The Hall–Kier alpha value is -1.91. The Bertz CT molecular complexity index is 511. The maximum atomic E-state index is 12.9. The smallest absolute Gasteiger partial charge is 0.310 e. The first-order valence-corrected chi connectivity index (χ1v) is 7.13. The lowest BCUT2D eigenvalue weighted by Gasteiger charge is -2.25. The zero-order valence-corrected chi connectivity index (χ0v) is 12.3. The van der Waals surface area contributed by atoms with Crippen LogP contribution in [-0.2, 0) is 20.7 Å². The van der Waals surface area contributed by atoms with E-state index in [1.54, 1.807) is 24.0 Å². The van der Waals surface area contributed by atoms with Gasteiger partial charge in [0.15, 0.2) is 0 Å². The second kappa shape index (κ2) is 6.70. The molecule has 4 nitrogen and oxygen atoms in total. The molecule has 0 spiro atoms. The van der Waals surface area contributed by atoms with Gasteiger partial charge in [-0.25, -0.2) is 4.39 Å². The quantitative estimate of drug-likeness (QED) is 0.755. The topological polar surface area (TPSA) is 46.6 Å². The van der Waals surface area contributed by atoms with Gasteiger partial charge in [0.25, 0.3) is 0 Å². The molecule has 1 aromatic carbocycles. The predicted octanol–water partition coefficient (Wildman–Crippen LogP) is 2.17. The molecule has 1 atom stereocenters. The minimum absolute atomic E-state index is 0.0279. The Balaban J connectivity index is 1.99. The Morgan fingerprint density at radius 2 is 1.95 bits per heavy atom. The number of ether oxygens (including phenoxy) is 1. The number of benzene rings is 1. The number of rotatable bonds is 6. The molecule has 21 heavy (non-hydrogen) atoms. The van der Waals surface area contributed by atoms with E-state index in [1.807, 2.05) is 0 Å². The molecule has 0 radical (unpaired) electrons. The SMILES string of the molecule is COC(=O)C(C)CN(C(=O)Cc1ccc(F)cc1)C1CC1. The van der Waals surface area contributed by atoms with Gasteiger partial charge in [0.2, 0.25) is 5.91 Å². The van der Waals surface area contributed by atoms with Crippen molar-refractivity contribution in [3.05, 3.63) is 35.6 Å². The first-order valence-electron chi connectivity index (χ1n) is 7.13. The fraction of sp³-hybridized carbons (Fsp3) is 0.500. The standard InChI is InChI=1S/C16H20FNO3/c1-11(16(20)21-2)10-18(14-7-8-14)15(19)9-12-3-5-13(17)6-4-12/h3-6,11,14H,7-10H2,1-2H3. The molecule has 0 saturated heterocycles. The van der Waals surface area contributed by atoms with Crippen molar-refractivity contribution in [2.24, 2.45) is 5.92 Å². The van der Waals surface area contributed by atoms with Crippen LogP contribution >= 0.6 is 0 Å². The third-order valence-electron chi connectivity index (χ3n) is 3.65. The van der Waals surface area contributed by atoms with Gasteiger partial charge in [0.1, 0.15) is 5.82 Å². The number of esters is 1. The number of methoxy groups -OCH3 is 1. The van der Waals surface area contributed by atoms with E-state index in [4.69, 9.17) is 4.74 Å². The summed E-state index contributed by atoms with van der Waals surface area (Å²) < 4.78 is 17.6. The van der Waals surface area contributed by atoms with Gasteiger partial charge in [-0.1, -0.05) is 19.1 Å². The number of carbonyl (C=O) groups excluding carboxylic acids is 2. The Kier molecular flexibility index (Phi) is 4.94. The van der Waals surface area contributed by atoms with E-state index in [9.17, 15) is 14.0 Å². The maximum Gasteiger partial charge on any atom is 0.310 e. The summed E-state index contributed by atoms with van der Waals surface area (Å²) in [6.07, 6.45) is 2.18. The van der Waals surface area contributed by atoms with Crippen LogP contribution in [0.25, 0.3) is 0 Å². The summed E-state index contributed by atoms with van der Waals surface area (Å²) in [4.78, 5) is 25.7. The van der Waals surface area contributed by atoms with E-state index in [-0.39, 0.29) is 36.1 Å². The van der Waals surface area contributed by atoms with Crippen molar-refractivity contribution in [2.45, 2.75) is 32.2 Å². The number of hydrogen-bond acceptors (Lipinski definition) is 3. The third kappa shape index (κ3) is 4.28. The summed E-state index contributed by atoms with van der Waals surface area (Å²) in [5.74, 6) is -0.993. The van der Waals surface area contributed by atoms with Crippen molar-refractivity contribution < 1.29 is 18.7 Å². The van der Waals surface area contributed by atoms with E-state index in [0.29, 0.717) is 6.54 Å². The first-order chi connectivity index (χ1) is 10.0. The average molecular weight is 293 g/mol. The summed E-state index contributed by atoms with van der Waals surface area (Å²) in [6, 6.07) is 6.15. The van der Waals surface area contributed by atoms with Crippen LogP contribution < -0.4 is 0 Å². The molecule has 1 unspecified atom stereocenters. The highest BCUT2D eigenvalue weighted by Crippen LogP contribution is 2.28. The first kappa shape index (κ1) is 15.5. The molecule has 1 aromatic rings. The van der Waals surface area contributed by atoms with Crippen LogP contribution in [-0.4, -0.2) is 36.5 Å². The molecule has 1 amide bonds. The van der Waals surface area contributed by atoms with E-state index < -0.39 is 0 Å². The van der Waals surface area contributed by atoms with Crippen LogP contribution in [0.4, 0.5) is 4.39 Å². The second-order valence-electron chi connectivity index (χ2n) is 5.50. The fourth-order valence-electron chi connectivity index (χ4n) is 2.29. The molecule has 0 bridgehead atoms. The minimum atomic E-state index is -0.340. The zero-order valence-electron chi connectivity index (χ0n) is 12.3. The summed E-state index contributed by atoms with van der Waals surface area (Å²) in [7, 11) is 1.35. The van der Waals surface area contributed by atoms with Gasteiger partial charge in [-0.05, 0) is 30.5 Å². The van der Waals surface area contributed by atoms with Gasteiger partial charge >= 0.3 is 5.97 Å². The van der Waals surface area contributed by atoms with E-state index in [2.05, 4.69) is 0 Å². The molecule has 114 valence electrons. The van der Waals surface area contributed by atoms with Crippen LogP contribution in [0.15, 0.2) is 24.3 Å². The lowest BCUT2D eigenvalue weighted by atomic mass is 10.1. The van der Waals surface area contributed by atoms with Crippen LogP contribution in [0.3, 0.4) is 0 Å². The van der Waals surface area contributed by atoms with Crippen molar-refractivity contribution in [3.8, 4) is 0 Å². The molecular weight excluding hydrogens is 273 g/mol. The number of hydrogen-bond donors (Lipinski definition) is 0. The van der Waals surface area contributed by atoms with Gasteiger partial charge < -0.3 is 9.64 Å². The molecule has 0 N–H and O–H groups in total. The molecule has 0 aliphatic heterocycles. The van der Waals surface area contributed by atoms with Crippen molar-refractivity contribution in [1.29, 1.82) is 0 Å². The maximum absolute atomic E-state index is 12.9. The highest BCUT2D eigenvalue weighted by Gasteiger charge is 2.34. The lowest BCUT2D eigenvalue weighted by Crippen LogP contribution is -2.39. The van der Waals surface area contributed by atoms with Crippen molar-refractivity contribution in [1.82, 2.24) is 4.90 Å². The summed E-state index contributed by atoms with van der Waals surface area (Å²) in [5, 5.41) is 0. The van der Waals surface area contributed by atoms with Crippen molar-refractivity contribution >= 4 is 11.9 Å². The molecule has 5 heteroatoms. The monoisotopic (exact) mass is 293 g/mol.